The Kier molecular flexibility index (Phi) is 6.03. The summed E-state index contributed by atoms with van der Waals surface area (Å²) in [5.41, 5.74) is 1.14. The Morgan fingerprint density at radius 1 is 1.16 bits per heavy atom. The average molecular weight is 463 g/mol. The Labute approximate surface area is 182 Å². The predicted molar refractivity (Wildman–Crippen MR) is 113 cm³/mol. The van der Waals surface area contributed by atoms with Gasteiger partial charge in [0.1, 0.15) is 10.7 Å². The molecule has 162 valence electrons. The van der Waals surface area contributed by atoms with E-state index in [2.05, 4.69) is 20.8 Å². The first-order chi connectivity index (χ1) is 14.9. The number of carbonyl (C=O) groups is 1. The molecule has 1 aromatic heterocycles. The van der Waals surface area contributed by atoms with Crippen LogP contribution in [0, 0.1) is 5.82 Å². The number of halogens is 1. The molecule has 0 unspecified atom stereocenters. The number of tetrazole rings is 1. The first-order valence-electron chi connectivity index (χ1n) is 9.44. The summed E-state index contributed by atoms with van der Waals surface area (Å²) in [6, 6.07) is 10.2. The van der Waals surface area contributed by atoms with Gasteiger partial charge in [0.2, 0.25) is 15.2 Å². The van der Waals surface area contributed by atoms with Crippen LogP contribution in [0.5, 0.6) is 0 Å². The largest absolute Gasteiger partial charge is 0.322 e. The first-order valence-corrected chi connectivity index (χ1v) is 12.1. The van der Waals surface area contributed by atoms with E-state index in [0.717, 1.165) is 25.0 Å². The van der Waals surface area contributed by atoms with Crippen molar-refractivity contribution in [2.24, 2.45) is 0 Å². The standard InChI is InChI=1S/C19H19FN6O3S2/c1-30-19-22-23-24-26(19)15-6-4-5-14(12-15)21-18(27)13-7-8-16(20)17(11-13)31(28,29)25-9-2-3-10-25/h4-8,11-12H,2-3,9-10H2,1H3,(H,21,27). The molecule has 1 aliphatic rings. The second-order valence-corrected chi connectivity index (χ2v) is 9.52. The van der Waals surface area contributed by atoms with Gasteiger partial charge in [0, 0.05) is 24.3 Å². The van der Waals surface area contributed by atoms with Crippen LogP contribution in [0.15, 0.2) is 52.5 Å². The highest BCUT2D eigenvalue weighted by atomic mass is 32.2. The molecule has 12 heteroatoms. The molecule has 1 fully saturated rings. The first kappa shape index (κ1) is 21.4. The lowest BCUT2D eigenvalue weighted by molar-refractivity contribution is 0.102. The Morgan fingerprint density at radius 3 is 2.68 bits per heavy atom. The Morgan fingerprint density at radius 2 is 1.94 bits per heavy atom. The van der Waals surface area contributed by atoms with Crippen LogP contribution in [0.25, 0.3) is 5.69 Å². The highest BCUT2D eigenvalue weighted by molar-refractivity contribution is 7.98. The zero-order valence-electron chi connectivity index (χ0n) is 16.5. The van der Waals surface area contributed by atoms with Crippen LogP contribution in [0.2, 0.25) is 0 Å². The van der Waals surface area contributed by atoms with Crippen molar-refractivity contribution in [3.8, 4) is 5.69 Å². The van der Waals surface area contributed by atoms with Gasteiger partial charge in [-0.25, -0.2) is 12.8 Å². The molecule has 31 heavy (non-hydrogen) atoms. The fourth-order valence-electron chi connectivity index (χ4n) is 3.30. The summed E-state index contributed by atoms with van der Waals surface area (Å²) in [5, 5.41) is 14.8. The molecule has 3 aromatic rings. The van der Waals surface area contributed by atoms with Gasteiger partial charge in [0.05, 0.1) is 5.69 Å². The molecule has 2 heterocycles. The van der Waals surface area contributed by atoms with Crippen LogP contribution in [-0.4, -0.2) is 58.2 Å². The Bertz CT molecular complexity index is 1220. The third-order valence-electron chi connectivity index (χ3n) is 4.85. The molecule has 0 spiro atoms. The molecule has 4 rings (SSSR count). The number of amides is 1. The summed E-state index contributed by atoms with van der Waals surface area (Å²) in [5.74, 6) is -1.44. The van der Waals surface area contributed by atoms with Crippen molar-refractivity contribution in [1.29, 1.82) is 0 Å². The van der Waals surface area contributed by atoms with Gasteiger partial charge < -0.3 is 5.32 Å². The van der Waals surface area contributed by atoms with Crippen molar-refractivity contribution in [2.75, 3.05) is 24.7 Å². The highest BCUT2D eigenvalue weighted by Crippen LogP contribution is 2.25. The minimum atomic E-state index is -3.99. The number of nitrogens with one attached hydrogen (secondary N) is 1. The highest BCUT2D eigenvalue weighted by Gasteiger charge is 2.30. The second kappa shape index (κ2) is 8.73. The average Bonchev–Trinajstić information content (AvgIpc) is 3.46. The molecule has 1 amide bonds. The number of hydrogen-bond acceptors (Lipinski definition) is 7. The van der Waals surface area contributed by atoms with Gasteiger partial charge >= 0.3 is 0 Å². The van der Waals surface area contributed by atoms with Crippen LogP contribution < -0.4 is 5.32 Å². The number of rotatable bonds is 6. The van der Waals surface area contributed by atoms with E-state index in [1.165, 1.54) is 26.8 Å². The molecule has 0 radical (unpaired) electrons. The molecule has 0 atom stereocenters. The molecule has 2 aromatic carbocycles. The van der Waals surface area contributed by atoms with Crippen LogP contribution >= 0.6 is 11.8 Å². The van der Waals surface area contributed by atoms with E-state index >= 15 is 0 Å². The van der Waals surface area contributed by atoms with E-state index in [9.17, 15) is 17.6 Å². The molecule has 0 aliphatic carbocycles. The fraction of sp³-hybridized carbons (Fsp3) is 0.263. The van der Waals surface area contributed by atoms with E-state index in [4.69, 9.17) is 0 Å². The Balaban J connectivity index is 1.59. The topological polar surface area (TPSA) is 110 Å². The predicted octanol–water partition coefficient (Wildman–Crippen LogP) is 2.56. The molecule has 1 N–H and O–H groups in total. The summed E-state index contributed by atoms with van der Waals surface area (Å²) in [4.78, 5) is 12.3. The number of aromatic nitrogens is 4. The van der Waals surface area contributed by atoms with Crippen molar-refractivity contribution in [1.82, 2.24) is 24.5 Å². The molecule has 1 saturated heterocycles. The molecule has 0 saturated carbocycles. The van der Waals surface area contributed by atoms with E-state index in [1.807, 2.05) is 6.26 Å². The summed E-state index contributed by atoms with van der Waals surface area (Å²) >= 11 is 1.37. The maximum atomic E-state index is 14.3. The number of carbonyl (C=O) groups excluding carboxylic acids is 1. The van der Waals surface area contributed by atoms with Gasteiger partial charge in [-0.1, -0.05) is 17.8 Å². The zero-order chi connectivity index (χ0) is 22.0. The molecule has 0 bridgehead atoms. The van der Waals surface area contributed by atoms with Gasteiger partial charge in [-0.3, -0.25) is 4.79 Å². The van der Waals surface area contributed by atoms with Gasteiger partial charge in [-0.15, -0.1) is 5.10 Å². The Hall–Kier alpha value is -2.83. The van der Waals surface area contributed by atoms with Gasteiger partial charge in [0.15, 0.2) is 0 Å². The van der Waals surface area contributed by atoms with Crippen molar-refractivity contribution in [3.05, 3.63) is 53.8 Å². The number of hydrogen-bond donors (Lipinski definition) is 1. The minimum Gasteiger partial charge on any atom is -0.322 e. The molecular formula is C19H19FN6O3S2. The molecular weight excluding hydrogens is 443 g/mol. The summed E-state index contributed by atoms with van der Waals surface area (Å²) in [6.07, 6.45) is 3.31. The van der Waals surface area contributed by atoms with Crippen LogP contribution in [0.4, 0.5) is 10.1 Å². The van der Waals surface area contributed by atoms with Crippen LogP contribution in [-0.2, 0) is 10.0 Å². The normalized spacial score (nSPS) is 14.6. The smallest absolute Gasteiger partial charge is 0.255 e. The van der Waals surface area contributed by atoms with Gasteiger partial charge in [-0.05, 0) is 65.9 Å². The van der Waals surface area contributed by atoms with E-state index < -0.39 is 26.6 Å². The minimum absolute atomic E-state index is 0.0387. The van der Waals surface area contributed by atoms with Crippen molar-refractivity contribution in [2.45, 2.75) is 22.9 Å². The number of anilines is 1. The third kappa shape index (κ3) is 4.31. The quantitative estimate of drug-likeness (QED) is 0.561. The van der Waals surface area contributed by atoms with Crippen molar-refractivity contribution < 1.29 is 17.6 Å². The third-order valence-corrected chi connectivity index (χ3v) is 7.38. The van der Waals surface area contributed by atoms with Crippen LogP contribution in [0.3, 0.4) is 0 Å². The SMILES string of the molecule is CSc1nnnn1-c1cccc(NC(=O)c2ccc(F)c(S(=O)(=O)N3CCCC3)c2)c1. The number of thioether (sulfide) groups is 1. The fourth-order valence-corrected chi connectivity index (χ4v) is 5.34. The molecule has 1 aliphatic heterocycles. The maximum absolute atomic E-state index is 14.3. The zero-order valence-corrected chi connectivity index (χ0v) is 18.2. The van der Waals surface area contributed by atoms with Crippen molar-refractivity contribution in [3.63, 3.8) is 0 Å². The lowest BCUT2D eigenvalue weighted by Gasteiger charge is -2.16. The monoisotopic (exact) mass is 462 g/mol. The van der Waals surface area contributed by atoms with E-state index in [0.29, 0.717) is 29.6 Å². The lowest BCUT2D eigenvalue weighted by Crippen LogP contribution is -2.29. The number of nitrogens with zero attached hydrogens (tertiary/aromatic N) is 5. The van der Waals surface area contributed by atoms with Gasteiger partial charge in [0.25, 0.3) is 5.91 Å². The summed E-state index contributed by atoms with van der Waals surface area (Å²) in [7, 11) is -3.99. The lowest BCUT2D eigenvalue weighted by atomic mass is 10.2. The maximum Gasteiger partial charge on any atom is 0.255 e. The molecule has 9 nitrogen and oxygen atoms in total. The van der Waals surface area contributed by atoms with Crippen LogP contribution in [0.1, 0.15) is 23.2 Å². The van der Waals surface area contributed by atoms with Gasteiger partial charge in [-0.2, -0.15) is 8.99 Å². The van der Waals surface area contributed by atoms with E-state index in [-0.39, 0.29) is 5.56 Å². The summed E-state index contributed by atoms with van der Waals surface area (Å²) < 4.78 is 42.6. The number of benzene rings is 2. The second-order valence-electron chi connectivity index (χ2n) is 6.84. The number of sulfonamides is 1. The van der Waals surface area contributed by atoms with Crippen molar-refractivity contribution >= 4 is 33.4 Å². The van der Waals surface area contributed by atoms with E-state index in [1.54, 1.807) is 24.3 Å². The summed E-state index contributed by atoms with van der Waals surface area (Å²) in [6.45, 7) is 0.695.